The minimum absolute atomic E-state index is 0.0332. The Labute approximate surface area is 180 Å². The van der Waals surface area contributed by atoms with E-state index in [0.29, 0.717) is 22.2 Å². The molecule has 5 rings (SSSR count). The van der Waals surface area contributed by atoms with Crippen LogP contribution in [0, 0.1) is 6.92 Å². The molecule has 0 radical (unpaired) electrons. The van der Waals surface area contributed by atoms with Crippen LogP contribution in [0.25, 0.3) is 22.1 Å². The van der Waals surface area contributed by atoms with E-state index in [2.05, 4.69) is 4.98 Å². The summed E-state index contributed by atoms with van der Waals surface area (Å²) >= 11 is 0. The van der Waals surface area contributed by atoms with E-state index in [-0.39, 0.29) is 29.3 Å². The predicted octanol–water partition coefficient (Wildman–Crippen LogP) is 4.93. The maximum Gasteiger partial charge on any atom is 0.420 e. The van der Waals surface area contributed by atoms with Crippen molar-refractivity contribution in [3.8, 4) is 0 Å². The van der Waals surface area contributed by atoms with E-state index >= 15 is 0 Å². The van der Waals surface area contributed by atoms with Gasteiger partial charge in [-0.2, -0.15) is 8.78 Å². The summed E-state index contributed by atoms with van der Waals surface area (Å²) in [5, 5.41) is 0. The Bertz CT molecular complexity index is 1530. The quantitative estimate of drug-likeness (QED) is 0.369. The molecular weight excluding hydrogens is 416 g/mol. The number of fused-ring (bicyclic) bond motifs is 2. The second kappa shape index (κ2) is 7.56. The molecule has 5 aromatic rings. The monoisotopic (exact) mass is 433 g/mol. The van der Waals surface area contributed by atoms with E-state index in [0.717, 1.165) is 10.1 Å². The lowest BCUT2D eigenvalue weighted by atomic mass is 10.0. The molecule has 32 heavy (non-hydrogen) atoms. The van der Waals surface area contributed by atoms with Crippen molar-refractivity contribution >= 4 is 27.9 Å². The van der Waals surface area contributed by atoms with Gasteiger partial charge in [-0.05, 0) is 37.3 Å². The number of hydrogen-bond acceptors (Lipinski definition) is 4. The lowest BCUT2D eigenvalue weighted by Crippen LogP contribution is -2.18. The molecule has 160 valence electrons. The van der Waals surface area contributed by atoms with Crippen LogP contribution in [-0.2, 0) is 6.54 Å². The Kier molecular flexibility index (Phi) is 4.70. The molecule has 0 saturated heterocycles. The average Bonchev–Trinajstić information content (AvgIpc) is 3.30. The van der Waals surface area contributed by atoms with Crippen molar-refractivity contribution in [1.29, 1.82) is 0 Å². The number of nitrogens with zero attached hydrogens (tertiary/aromatic N) is 3. The molecular formula is C24H17F2N3O3. The van der Waals surface area contributed by atoms with Gasteiger partial charge >= 0.3 is 12.3 Å². The molecule has 0 aliphatic rings. The van der Waals surface area contributed by atoms with Gasteiger partial charge in [0.15, 0.2) is 11.4 Å². The van der Waals surface area contributed by atoms with Gasteiger partial charge in [-0.3, -0.25) is 13.9 Å². The highest BCUT2D eigenvalue weighted by Crippen LogP contribution is 2.25. The number of hydrogen-bond donors (Lipinski definition) is 0. The van der Waals surface area contributed by atoms with Crippen LogP contribution in [-0.4, -0.2) is 19.9 Å². The fourth-order valence-corrected chi connectivity index (χ4v) is 3.79. The van der Waals surface area contributed by atoms with E-state index in [9.17, 15) is 18.4 Å². The fraction of sp³-hybridized carbons (Fsp3) is 0.125. The smallest absolute Gasteiger partial charge is 0.408 e. The van der Waals surface area contributed by atoms with Crippen LogP contribution in [0.2, 0.25) is 0 Å². The number of halogens is 2. The molecule has 0 spiro atoms. The lowest BCUT2D eigenvalue weighted by molar-refractivity contribution is 0.0711. The summed E-state index contributed by atoms with van der Waals surface area (Å²) in [7, 11) is 0. The second-order valence-corrected chi connectivity index (χ2v) is 7.50. The number of para-hydroxylation sites is 2. The van der Waals surface area contributed by atoms with Gasteiger partial charge in [-0.1, -0.05) is 42.0 Å². The van der Waals surface area contributed by atoms with E-state index in [1.54, 1.807) is 48.5 Å². The third kappa shape index (κ3) is 3.30. The molecule has 0 bridgehead atoms. The third-order valence-electron chi connectivity index (χ3n) is 5.41. The molecule has 0 fully saturated rings. The largest absolute Gasteiger partial charge is 0.420 e. The van der Waals surface area contributed by atoms with Crippen LogP contribution >= 0.6 is 0 Å². The maximum atomic E-state index is 13.7. The summed E-state index contributed by atoms with van der Waals surface area (Å²) in [5.74, 6) is -0.889. The zero-order valence-electron chi connectivity index (χ0n) is 17.0. The molecule has 0 amide bonds. The van der Waals surface area contributed by atoms with Crippen molar-refractivity contribution in [1.82, 2.24) is 14.1 Å². The Hall–Kier alpha value is -4.07. The van der Waals surface area contributed by atoms with E-state index in [1.165, 1.54) is 10.6 Å². The fourth-order valence-electron chi connectivity index (χ4n) is 3.79. The SMILES string of the molecule is Cc1ccc(C(=O)c2ccc3c(c2)oc(=O)n3Cc2nc3ccccc3n2C(F)F)cc1. The number of alkyl halides is 2. The molecule has 0 N–H and O–H groups in total. The van der Waals surface area contributed by atoms with E-state index < -0.39 is 12.3 Å². The lowest BCUT2D eigenvalue weighted by Gasteiger charge is -2.08. The van der Waals surface area contributed by atoms with Gasteiger partial charge in [0.05, 0.1) is 23.1 Å². The highest BCUT2D eigenvalue weighted by Gasteiger charge is 2.20. The van der Waals surface area contributed by atoms with Gasteiger partial charge in [0.2, 0.25) is 0 Å². The van der Waals surface area contributed by atoms with E-state index in [4.69, 9.17) is 4.42 Å². The topological polar surface area (TPSA) is 70.0 Å². The molecule has 3 aromatic carbocycles. The molecule has 8 heteroatoms. The Morgan fingerprint density at radius 1 is 1.00 bits per heavy atom. The second-order valence-electron chi connectivity index (χ2n) is 7.50. The summed E-state index contributed by atoms with van der Waals surface area (Å²) in [6.45, 7) is -1.08. The zero-order chi connectivity index (χ0) is 22.4. The summed E-state index contributed by atoms with van der Waals surface area (Å²) in [6.07, 6.45) is 0. The van der Waals surface area contributed by atoms with Crippen molar-refractivity contribution in [2.24, 2.45) is 0 Å². The van der Waals surface area contributed by atoms with Crippen molar-refractivity contribution in [3.63, 3.8) is 0 Å². The van der Waals surface area contributed by atoms with Crippen LogP contribution in [0.15, 0.2) is 75.9 Å². The number of ketones is 1. The molecule has 2 heterocycles. The highest BCUT2D eigenvalue weighted by atomic mass is 19.3. The number of aromatic nitrogens is 3. The minimum atomic E-state index is -2.81. The van der Waals surface area contributed by atoms with Crippen LogP contribution in [0.3, 0.4) is 0 Å². The summed E-state index contributed by atoms with van der Waals surface area (Å²) in [5.41, 5.74) is 3.20. The zero-order valence-corrected chi connectivity index (χ0v) is 17.0. The van der Waals surface area contributed by atoms with Crippen molar-refractivity contribution < 1.29 is 18.0 Å². The molecule has 0 atom stereocenters. The summed E-state index contributed by atoms with van der Waals surface area (Å²) in [4.78, 5) is 29.6. The Morgan fingerprint density at radius 2 is 1.72 bits per heavy atom. The molecule has 0 aliphatic heterocycles. The number of rotatable bonds is 5. The van der Waals surface area contributed by atoms with Crippen molar-refractivity contribution in [3.05, 3.63) is 99.8 Å². The van der Waals surface area contributed by atoms with Crippen LogP contribution in [0.4, 0.5) is 8.78 Å². The third-order valence-corrected chi connectivity index (χ3v) is 5.41. The number of carbonyl (C=O) groups excluding carboxylic acids is 1. The molecule has 0 unspecified atom stereocenters. The molecule has 2 aromatic heterocycles. The first-order valence-electron chi connectivity index (χ1n) is 9.91. The number of benzene rings is 3. The normalized spacial score (nSPS) is 11.6. The number of oxazole rings is 1. The van der Waals surface area contributed by atoms with E-state index in [1.807, 2.05) is 19.1 Å². The van der Waals surface area contributed by atoms with Gasteiger partial charge < -0.3 is 4.42 Å². The Morgan fingerprint density at radius 3 is 2.47 bits per heavy atom. The van der Waals surface area contributed by atoms with Gasteiger partial charge in [0, 0.05) is 11.1 Å². The number of imidazole rings is 1. The van der Waals surface area contributed by atoms with Gasteiger partial charge in [-0.25, -0.2) is 9.78 Å². The maximum absolute atomic E-state index is 13.7. The van der Waals surface area contributed by atoms with Gasteiger partial charge in [0.1, 0.15) is 5.82 Å². The average molecular weight is 433 g/mol. The van der Waals surface area contributed by atoms with Crippen LogP contribution in [0.5, 0.6) is 0 Å². The Balaban J connectivity index is 1.55. The van der Waals surface area contributed by atoms with Crippen LogP contribution < -0.4 is 5.76 Å². The predicted molar refractivity (Wildman–Crippen MR) is 115 cm³/mol. The first kappa shape index (κ1) is 19.9. The standard InChI is InChI=1S/C24H17F2N3O3/c1-14-6-8-15(9-7-14)22(30)16-10-11-19-20(12-16)32-24(31)28(19)13-21-27-17-4-2-3-5-18(17)29(21)23(25)26/h2-12,23H,13H2,1H3. The van der Waals surface area contributed by atoms with Gasteiger partial charge in [0.25, 0.3) is 0 Å². The van der Waals surface area contributed by atoms with Crippen molar-refractivity contribution in [2.45, 2.75) is 20.0 Å². The minimum Gasteiger partial charge on any atom is -0.408 e. The first-order chi connectivity index (χ1) is 15.4. The first-order valence-corrected chi connectivity index (χ1v) is 9.91. The van der Waals surface area contributed by atoms with Crippen LogP contribution in [0.1, 0.15) is 33.9 Å². The summed E-state index contributed by atoms with van der Waals surface area (Å²) < 4.78 is 34.8. The van der Waals surface area contributed by atoms with Crippen molar-refractivity contribution in [2.75, 3.05) is 0 Å². The summed E-state index contributed by atoms with van der Waals surface area (Å²) in [6, 6.07) is 18.4. The molecule has 0 aliphatic carbocycles. The molecule has 0 saturated carbocycles. The highest BCUT2D eigenvalue weighted by molar-refractivity contribution is 6.10. The van der Waals surface area contributed by atoms with Gasteiger partial charge in [-0.15, -0.1) is 0 Å². The number of carbonyl (C=O) groups is 1. The molecule has 6 nitrogen and oxygen atoms in total. The number of aryl methyl sites for hydroxylation is 1.